The SMILES string of the molecule is O=C(/C=C/C1CCCCC1)NCCCNC(=O)c1cccnc1. The molecule has 5 nitrogen and oxygen atoms in total. The molecule has 2 rings (SSSR count). The number of rotatable bonds is 7. The Bertz CT molecular complexity index is 522. The van der Waals surface area contributed by atoms with E-state index in [1.54, 1.807) is 24.4 Å². The molecule has 1 aromatic rings. The lowest BCUT2D eigenvalue weighted by atomic mass is 9.89. The Morgan fingerprint density at radius 1 is 1.17 bits per heavy atom. The van der Waals surface area contributed by atoms with Crippen molar-refractivity contribution in [2.75, 3.05) is 13.1 Å². The molecule has 2 amide bonds. The third-order valence-electron chi connectivity index (χ3n) is 4.03. The molecule has 1 aromatic heterocycles. The van der Waals surface area contributed by atoms with Gasteiger partial charge in [-0.1, -0.05) is 25.3 Å². The summed E-state index contributed by atoms with van der Waals surface area (Å²) in [6.07, 6.45) is 13.8. The van der Waals surface area contributed by atoms with Gasteiger partial charge in [-0.2, -0.15) is 0 Å². The number of carbonyl (C=O) groups is 2. The van der Waals surface area contributed by atoms with E-state index in [1.807, 2.05) is 6.08 Å². The zero-order valence-electron chi connectivity index (χ0n) is 13.5. The van der Waals surface area contributed by atoms with Crippen molar-refractivity contribution in [3.8, 4) is 0 Å². The molecule has 2 N–H and O–H groups in total. The van der Waals surface area contributed by atoms with Gasteiger partial charge in [0.2, 0.25) is 5.91 Å². The Labute approximate surface area is 137 Å². The van der Waals surface area contributed by atoms with E-state index in [0.29, 0.717) is 31.0 Å². The second-order valence-corrected chi connectivity index (χ2v) is 5.90. The first kappa shape index (κ1) is 17.2. The molecule has 5 heteroatoms. The molecule has 0 spiro atoms. The number of pyridine rings is 1. The number of nitrogens with zero attached hydrogens (tertiary/aromatic N) is 1. The normalized spacial score (nSPS) is 15.5. The van der Waals surface area contributed by atoms with Gasteiger partial charge < -0.3 is 10.6 Å². The molecule has 0 aliphatic heterocycles. The van der Waals surface area contributed by atoms with Gasteiger partial charge in [-0.05, 0) is 43.4 Å². The van der Waals surface area contributed by atoms with E-state index in [0.717, 1.165) is 0 Å². The van der Waals surface area contributed by atoms with Crippen molar-refractivity contribution < 1.29 is 9.59 Å². The maximum absolute atomic E-state index is 11.8. The zero-order valence-corrected chi connectivity index (χ0v) is 13.5. The summed E-state index contributed by atoms with van der Waals surface area (Å²) in [6.45, 7) is 1.08. The molecular formula is C18H25N3O2. The monoisotopic (exact) mass is 315 g/mol. The third-order valence-corrected chi connectivity index (χ3v) is 4.03. The number of nitrogens with one attached hydrogen (secondary N) is 2. The Kier molecular flexibility index (Phi) is 7.30. The van der Waals surface area contributed by atoms with E-state index in [1.165, 1.54) is 38.3 Å². The van der Waals surface area contributed by atoms with Crippen LogP contribution in [0.1, 0.15) is 48.9 Å². The molecule has 1 fully saturated rings. The van der Waals surface area contributed by atoms with Gasteiger partial charge in [-0.15, -0.1) is 0 Å². The van der Waals surface area contributed by atoms with Crippen molar-refractivity contribution in [2.45, 2.75) is 38.5 Å². The van der Waals surface area contributed by atoms with Crippen molar-refractivity contribution in [2.24, 2.45) is 5.92 Å². The Hall–Kier alpha value is -2.17. The molecule has 0 aromatic carbocycles. The standard InChI is InChI=1S/C18H25N3O2/c22-17(10-9-15-6-2-1-3-7-15)20-12-5-13-21-18(23)16-8-4-11-19-14-16/h4,8-11,14-15H,1-3,5-7,12-13H2,(H,20,22)(H,21,23)/b10-9+. The molecule has 1 aliphatic carbocycles. The average molecular weight is 315 g/mol. The molecule has 0 saturated heterocycles. The lowest BCUT2D eigenvalue weighted by Crippen LogP contribution is -2.29. The van der Waals surface area contributed by atoms with Gasteiger partial charge in [0.05, 0.1) is 5.56 Å². The molecule has 0 unspecified atom stereocenters. The van der Waals surface area contributed by atoms with Gasteiger partial charge in [-0.25, -0.2) is 0 Å². The van der Waals surface area contributed by atoms with Gasteiger partial charge >= 0.3 is 0 Å². The lowest BCUT2D eigenvalue weighted by Gasteiger charge is -2.17. The van der Waals surface area contributed by atoms with Crippen LogP contribution in [0.3, 0.4) is 0 Å². The molecule has 1 saturated carbocycles. The van der Waals surface area contributed by atoms with Gasteiger partial charge in [0, 0.05) is 25.5 Å². The topological polar surface area (TPSA) is 71.1 Å². The van der Waals surface area contributed by atoms with Crippen molar-refractivity contribution in [3.63, 3.8) is 0 Å². The lowest BCUT2D eigenvalue weighted by molar-refractivity contribution is -0.116. The molecule has 1 aliphatic rings. The van der Waals surface area contributed by atoms with E-state index in [-0.39, 0.29) is 11.8 Å². The van der Waals surface area contributed by atoms with E-state index >= 15 is 0 Å². The minimum absolute atomic E-state index is 0.0471. The zero-order chi connectivity index (χ0) is 16.3. The van der Waals surface area contributed by atoms with Gasteiger partial charge in [-0.3, -0.25) is 14.6 Å². The van der Waals surface area contributed by atoms with Gasteiger partial charge in [0.25, 0.3) is 5.91 Å². The van der Waals surface area contributed by atoms with E-state index in [9.17, 15) is 9.59 Å². The van der Waals surface area contributed by atoms with Crippen molar-refractivity contribution in [1.29, 1.82) is 0 Å². The second kappa shape index (κ2) is 9.77. The van der Waals surface area contributed by atoms with Crippen LogP contribution in [0.5, 0.6) is 0 Å². The molecular weight excluding hydrogens is 290 g/mol. The highest BCUT2D eigenvalue weighted by Crippen LogP contribution is 2.24. The maximum Gasteiger partial charge on any atom is 0.252 e. The first-order valence-electron chi connectivity index (χ1n) is 8.40. The summed E-state index contributed by atoms with van der Waals surface area (Å²) >= 11 is 0. The van der Waals surface area contributed by atoms with Crippen LogP contribution >= 0.6 is 0 Å². The van der Waals surface area contributed by atoms with Gasteiger partial charge in [0.15, 0.2) is 0 Å². The fourth-order valence-corrected chi connectivity index (χ4v) is 2.71. The van der Waals surface area contributed by atoms with Gasteiger partial charge in [0.1, 0.15) is 0 Å². The maximum atomic E-state index is 11.8. The van der Waals surface area contributed by atoms with Crippen LogP contribution in [-0.4, -0.2) is 29.9 Å². The Morgan fingerprint density at radius 2 is 1.96 bits per heavy atom. The molecule has 0 radical (unpaired) electrons. The highest BCUT2D eigenvalue weighted by Gasteiger charge is 2.10. The number of allylic oxidation sites excluding steroid dienone is 1. The summed E-state index contributed by atoms with van der Waals surface area (Å²) in [5, 5.41) is 5.65. The smallest absolute Gasteiger partial charge is 0.252 e. The van der Waals surface area contributed by atoms with Crippen molar-refractivity contribution >= 4 is 11.8 Å². The average Bonchev–Trinajstić information content (AvgIpc) is 2.61. The molecule has 0 atom stereocenters. The number of hydrogen-bond acceptors (Lipinski definition) is 3. The number of aromatic nitrogens is 1. The largest absolute Gasteiger partial charge is 0.352 e. The summed E-state index contributed by atoms with van der Waals surface area (Å²) in [4.78, 5) is 27.4. The summed E-state index contributed by atoms with van der Waals surface area (Å²) in [7, 11) is 0. The van der Waals surface area contributed by atoms with Crippen molar-refractivity contribution in [1.82, 2.24) is 15.6 Å². The van der Waals surface area contributed by atoms with Crippen LogP contribution in [0.4, 0.5) is 0 Å². The van der Waals surface area contributed by atoms with Crippen LogP contribution in [-0.2, 0) is 4.79 Å². The Balaban J connectivity index is 1.55. The minimum atomic E-state index is -0.137. The molecule has 0 bridgehead atoms. The first-order valence-corrected chi connectivity index (χ1v) is 8.40. The summed E-state index contributed by atoms with van der Waals surface area (Å²) in [5.74, 6) is 0.379. The summed E-state index contributed by atoms with van der Waals surface area (Å²) in [5.41, 5.74) is 0.548. The number of amides is 2. The molecule has 23 heavy (non-hydrogen) atoms. The second-order valence-electron chi connectivity index (χ2n) is 5.90. The van der Waals surface area contributed by atoms with E-state index < -0.39 is 0 Å². The molecule has 1 heterocycles. The fourth-order valence-electron chi connectivity index (χ4n) is 2.71. The van der Waals surface area contributed by atoms with Crippen molar-refractivity contribution in [3.05, 3.63) is 42.2 Å². The number of hydrogen-bond donors (Lipinski definition) is 2. The number of carbonyl (C=O) groups excluding carboxylic acids is 2. The van der Waals surface area contributed by atoms with Crippen LogP contribution in [0.2, 0.25) is 0 Å². The highest BCUT2D eigenvalue weighted by atomic mass is 16.2. The predicted octanol–water partition coefficient (Wildman–Crippen LogP) is 2.45. The van der Waals surface area contributed by atoms with Crippen LogP contribution in [0.15, 0.2) is 36.7 Å². The van der Waals surface area contributed by atoms with E-state index in [4.69, 9.17) is 0 Å². The minimum Gasteiger partial charge on any atom is -0.352 e. The third kappa shape index (κ3) is 6.63. The fraction of sp³-hybridized carbons (Fsp3) is 0.500. The first-order chi connectivity index (χ1) is 11.3. The highest BCUT2D eigenvalue weighted by molar-refractivity contribution is 5.93. The predicted molar refractivity (Wildman–Crippen MR) is 89.9 cm³/mol. The van der Waals surface area contributed by atoms with Crippen LogP contribution in [0, 0.1) is 5.92 Å². The van der Waals surface area contributed by atoms with Crippen LogP contribution in [0.25, 0.3) is 0 Å². The van der Waals surface area contributed by atoms with E-state index in [2.05, 4.69) is 15.6 Å². The Morgan fingerprint density at radius 3 is 2.70 bits per heavy atom. The molecule has 124 valence electrons. The summed E-state index contributed by atoms with van der Waals surface area (Å²) < 4.78 is 0. The van der Waals surface area contributed by atoms with Crippen LogP contribution < -0.4 is 10.6 Å². The summed E-state index contributed by atoms with van der Waals surface area (Å²) in [6, 6.07) is 3.45. The quantitative estimate of drug-likeness (QED) is 0.600.